The summed E-state index contributed by atoms with van der Waals surface area (Å²) in [6.07, 6.45) is 8.13. The Bertz CT molecular complexity index is 1450. The van der Waals surface area contributed by atoms with Crippen LogP contribution in [0, 0.1) is 13.8 Å². The number of nitrogens with zero attached hydrogens (tertiary/aromatic N) is 6. The van der Waals surface area contributed by atoms with Crippen LogP contribution in [-0.4, -0.2) is 43.1 Å². The fourth-order valence-corrected chi connectivity index (χ4v) is 4.94. The van der Waals surface area contributed by atoms with Crippen molar-refractivity contribution in [1.82, 2.24) is 29.7 Å². The molecular formula is C26H26N6O3. The van der Waals surface area contributed by atoms with Gasteiger partial charge in [0.25, 0.3) is 0 Å². The summed E-state index contributed by atoms with van der Waals surface area (Å²) in [5.41, 5.74) is 5.71. The minimum Gasteiger partial charge on any atom is -0.454 e. The first-order chi connectivity index (χ1) is 17.1. The molecule has 4 aromatic rings. The van der Waals surface area contributed by atoms with E-state index in [0.29, 0.717) is 35.3 Å². The number of aromatic nitrogens is 6. The highest BCUT2D eigenvalue weighted by Crippen LogP contribution is 2.43. The Kier molecular flexibility index (Phi) is 4.73. The van der Waals surface area contributed by atoms with Crippen molar-refractivity contribution in [1.29, 1.82) is 0 Å². The lowest BCUT2D eigenvalue weighted by atomic mass is 9.92. The van der Waals surface area contributed by atoms with E-state index in [9.17, 15) is 0 Å². The first kappa shape index (κ1) is 20.8. The van der Waals surface area contributed by atoms with E-state index in [1.165, 1.54) is 12.8 Å². The normalized spacial score (nSPS) is 21.5. The van der Waals surface area contributed by atoms with E-state index < -0.39 is 0 Å². The van der Waals surface area contributed by atoms with Crippen LogP contribution in [0.5, 0.6) is 11.5 Å². The predicted molar refractivity (Wildman–Crippen MR) is 127 cm³/mol. The quantitative estimate of drug-likeness (QED) is 0.427. The van der Waals surface area contributed by atoms with Crippen molar-refractivity contribution in [3.63, 3.8) is 0 Å². The van der Waals surface area contributed by atoms with Crippen LogP contribution in [-0.2, 0) is 4.74 Å². The molecule has 2 fully saturated rings. The number of para-hydroxylation sites is 1. The van der Waals surface area contributed by atoms with Crippen LogP contribution in [0.4, 0.5) is 0 Å². The van der Waals surface area contributed by atoms with Gasteiger partial charge in [-0.05, 0) is 51.7 Å². The van der Waals surface area contributed by atoms with E-state index in [1.807, 2.05) is 38.2 Å². The first-order valence-electron chi connectivity index (χ1n) is 12.2. The average Bonchev–Trinajstić information content (AvgIpc) is 3.40. The van der Waals surface area contributed by atoms with Gasteiger partial charge in [-0.2, -0.15) is 5.10 Å². The first-order valence-corrected chi connectivity index (χ1v) is 12.2. The Labute approximate surface area is 202 Å². The second-order valence-corrected chi connectivity index (χ2v) is 9.60. The van der Waals surface area contributed by atoms with E-state index in [0.717, 1.165) is 46.9 Å². The number of aryl methyl sites for hydroxylation is 2. The highest BCUT2D eigenvalue weighted by molar-refractivity contribution is 5.90. The molecule has 0 spiro atoms. The second-order valence-electron chi connectivity index (χ2n) is 9.60. The highest BCUT2D eigenvalue weighted by Gasteiger charge is 2.31. The van der Waals surface area contributed by atoms with Gasteiger partial charge in [-0.25, -0.2) is 19.9 Å². The fourth-order valence-electron chi connectivity index (χ4n) is 4.94. The lowest BCUT2D eigenvalue weighted by Crippen LogP contribution is -2.20. The SMILES string of the molecule is Cc1nc2nc(C3CCOC(c4cnn(C5CC5)c4)C3)nc(-c3cccc4c3OCO4)c2nc1C. The van der Waals surface area contributed by atoms with Crippen LogP contribution in [0.2, 0.25) is 0 Å². The van der Waals surface area contributed by atoms with Gasteiger partial charge in [0.2, 0.25) is 6.79 Å². The van der Waals surface area contributed by atoms with Gasteiger partial charge < -0.3 is 14.2 Å². The molecule has 1 saturated carbocycles. The average molecular weight is 471 g/mol. The molecule has 2 atom stereocenters. The zero-order valence-electron chi connectivity index (χ0n) is 19.8. The molecule has 1 saturated heterocycles. The van der Waals surface area contributed by atoms with Crippen molar-refractivity contribution in [2.24, 2.45) is 0 Å². The predicted octanol–water partition coefficient (Wildman–Crippen LogP) is 4.60. The number of benzene rings is 1. The monoisotopic (exact) mass is 470 g/mol. The highest BCUT2D eigenvalue weighted by atomic mass is 16.7. The standard InChI is InChI=1S/C26H26N6O3/c1-14-15(2)29-26-23(28-14)22(19-4-3-5-20-24(19)35-13-34-20)30-25(31-26)16-8-9-33-21(10-16)17-11-27-32(12-17)18-6-7-18/h3-5,11-12,16,18,21H,6-10,13H2,1-2H3. The van der Waals surface area contributed by atoms with E-state index in [4.69, 9.17) is 34.1 Å². The molecule has 3 aromatic heterocycles. The largest absolute Gasteiger partial charge is 0.454 e. The van der Waals surface area contributed by atoms with Crippen molar-refractivity contribution < 1.29 is 14.2 Å². The third-order valence-electron chi connectivity index (χ3n) is 7.17. The molecule has 0 amide bonds. The Balaban J connectivity index is 1.31. The Morgan fingerprint density at radius 3 is 2.74 bits per heavy atom. The molecule has 0 N–H and O–H groups in total. The van der Waals surface area contributed by atoms with Crippen molar-refractivity contribution in [2.75, 3.05) is 13.4 Å². The molecule has 7 rings (SSSR count). The van der Waals surface area contributed by atoms with Crippen molar-refractivity contribution in [3.8, 4) is 22.8 Å². The zero-order valence-corrected chi connectivity index (χ0v) is 19.8. The molecule has 35 heavy (non-hydrogen) atoms. The van der Waals surface area contributed by atoms with E-state index in [-0.39, 0.29) is 18.8 Å². The third kappa shape index (κ3) is 3.61. The van der Waals surface area contributed by atoms with Gasteiger partial charge >= 0.3 is 0 Å². The summed E-state index contributed by atoms with van der Waals surface area (Å²) in [6, 6.07) is 6.41. The van der Waals surface area contributed by atoms with Gasteiger partial charge in [0, 0.05) is 29.8 Å². The molecule has 178 valence electrons. The maximum atomic E-state index is 6.15. The summed E-state index contributed by atoms with van der Waals surface area (Å²) in [6.45, 7) is 4.76. The summed E-state index contributed by atoms with van der Waals surface area (Å²) in [5, 5.41) is 4.56. The molecule has 0 radical (unpaired) electrons. The maximum absolute atomic E-state index is 6.15. The molecule has 9 heteroatoms. The molecule has 2 aliphatic heterocycles. The molecule has 1 aromatic carbocycles. The van der Waals surface area contributed by atoms with Gasteiger partial charge in [0.1, 0.15) is 17.0 Å². The molecule has 0 bridgehead atoms. The smallest absolute Gasteiger partial charge is 0.231 e. The molecule has 3 aliphatic rings. The van der Waals surface area contributed by atoms with Gasteiger partial charge in [-0.3, -0.25) is 4.68 Å². The number of fused-ring (bicyclic) bond motifs is 2. The molecule has 2 unspecified atom stereocenters. The summed E-state index contributed by atoms with van der Waals surface area (Å²) in [7, 11) is 0. The van der Waals surface area contributed by atoms with Crippen LogP contribution >= 0.6 is 0 Å². The fraction of sp³-hybridized carbons (Fsp3) is 0.423. The van der Waals surface area contributed by atoms with Crippen LogP contribution in [0.3, 0.4) is 0 Å². The van der Waals surface area contributed by atoms with Crippen molar-refractivity contribution in [2.45, 2.75) is 57.6 Å². The van der Waals surface area contributed by atoms with E-state index in [1.54, 1.807) is 0 Å². The minimum atomic E-state index is -0.0208. The minimum absolute atomic E-state index is 0.0208. The molecular weight excluding hydrogens is 444 g/mol. The summed E-state index contributed by atoms with van der Waals surface area (Å²) in [5.74, 6) is 2.31. The van der Waals surface area contributed by atoms with Crippen LogP contribution in [0.1, 0.15) is 66.5 Å². The lowest BCUT2D eigenvalue weighted by molar-refractivity contribution is 0.00396. The zero-order chi connectivity index (χ0) is 23.5. The lowest BCUT2D eigenvalue weighted by Gasteiger charge is -2.28. The van der Waals surface area contributed by atoms with Gasteiger partial charge in [-0.1, -0.05) is 6.07 Å². The summed E-state index contributed by atoms with van der Waals surface area (Å²) >= 11 is 0. The summed E-state index contributed by atoms with van der Waals surface area (Å²) < 4.78 is 19.7. The Morgan fingerprint density at radius 1 is 0.971 bits per heavy atom. The number of hydrogen-bond donors (Lipinski definition) is 0. The molecule has 1 aliphatic carbocycles. The number of hydrogen-bond acceptors (Lipinski definition) is 8. The van der Waals surface area contributed by atoms with Crippen molar-refractivity contribution in [3.05, 3.63) is 53.4 Å². The maximum Gasteiger partial charge on any atom is 0.231 e. The van der Waals surface area contributed by atoms with E-state index >= 15 is 0 Å². The van der Waals surface area contributed by atoms with Gasteiger partial charge in [0.05, 0.1) is 29.7 Å². The topological polar surface area (TPSA) is 97.1 Å². The van der Waals surface area contributed by atoms with Crippen LogP contribution < -0.4 is 9.47 Å². The van der Waals surface area contributed by atoms with Crippen LogP contribution in [0.15, 0.2) is 30.6 Å². The van der Waals surface area contributed by atoms with Crippen LogP contribution in [0.25, 0.3) is 22.4 Å². The van der Waals surface area contributed by atoms with Crippen molar-refractivity contribution >= 4 is 11.2 Å². The molecule has 9 nitrogen and oxygen atoms in total. The molecule has 5 heterocycles. The second kappa shape index (κ2) is 7.98. The third-order valence-corrected chi connectivity index (χ3v) is 7.17. The Hall–Kier alpha value is -3.59. The Morgan fingerprint density at radius 2 is 1.86 bits per heavy atom. The number of ether oxygens (including phenoxy) is 3. The summed E-state index contributed by atoms with van der Waals surface area (Å²) in [4.78, 5) is 19.6. The number of rotatable bonds is 4. The van der Waals surface area contributed by atoms with Gasteiger partial charge in [-0.15, -0.1) is 0 Å². The van der Waals surface area contributed by atoms with Gasteiger partial charge in [0.15, 0.2) is 17.1 Å². The van der Waals surface area contributed by atoms with E-state index in [2.05, 4.69) is 16.0 Å².